The number of nitrogens with one attached hydrogen (secondary N) is 1. The molecule has 0 heterocycles. The minimum atomic E-state index is -3.39. The Morgan fingerprint density at radius 3 is 2.15 bits per heavy atom. The van der Waals surface area contributed by atoms with Gasteiger partial charge in [0.15, 0.2) is 0 Å². The fraction of sp³-hybridized carbons (Fsp3) is 0.200. The molecule has 106 valence electrons. The second kappa shape index (κ2) is 6.77. The molecule has 0 aliphatic rings. The molecule has 0 saturated carbocycles. The van der Waals surface area contributed by atoms with Crippen molar-refractivity contribution in [3.63, 3.8) is 0 Å². The zero-order valence-electron chi connectivity index (χ0n) is 10.9. The molecule has 0 saturated heterocycles. The maximum Gasteiger partial charge on any atom is 0.236 e. The first-order valence-corrected chi connectivity index (χ1v) is 8.47. The molecule has 0 spiro atoms. The largest absolute Gasteiger partial charge is 0.283 e. The van der Waals surface area contributed by atoms with Crippen LogP contribution in [0.5, 0.6) is 0 Å². The quantitative estimate of drug-likeness (QED) is 0.831. The predicted octanol–water partition coefficient (Wildman–Crippen LogP) is 3.41. The topological polar surface area (TPSA) is 46.2 Å². The molecule has 0 aliphatic heterocycles. The summed E-state index contributed by atoms with van der Waals surface area (Å²) in [5, 5.41) is 0. The van der Waals surface area contributed by atoms with Crippen LogP contribution in [-0.2, 0) is 22.2 Å². The van der Waals surface area contributed by atoms with Gasteiger partial charge in [-0.25, -0.2) is 8.42 Å². The Balaban J connectivity index is 2.04. The smallest absolute Gasteiger partial charge is 0.236 e. The minimum Gasteiger partial charge on any atom is -0.283 e. The summed E-state index contributed by atoms with van der Waals surface area (Å²) >= 11 is 5.66. The second-order valence-corrected chi connectivity index (χ2v) is 6.58. The summed E-state index contributed by atoms with van der Waals surface area (Å²) in [6.07, 6.45) is 0.776. The first-order chi connectivity index (χ1) is 9.59. The van der Waals surface area contributed by atoms with Crippen molar-refractivity contribution in [2.24, 2.45) is 0 Å². The summed E-state index contributed by atoms with van der Waals surface area (Å²) in [6.45, 7) is 0. The molecule has 2 aromatic carbocycles. The van der Waals surface area contributed by atoms with Crippen LogP contribution in [0.3, 0.4) is 0 Å². The number of hydrogen-bond acceptors (Lipinski definition) is 2. The molecule has 2 aromatic rings. The summed E-state index contributed by atoms with van der Waals surface area (Å²) in [4.78, 5) is 0. The SMILES string of the molecule is O=S(=O)(Cc1ccccc1)Nc1ccc(CCCl)cc1. The van der Waals surface area contributed by atoms with Crippen molar-refractivity contribution >= 4 is 27.3 Å². The predicted molar refractivity (Wildman–Crippen MR) is 83.6 cm³/mol. The van der Waals surface area contributed by atoms with E-state index in [-0.39, 0.29) is 5.75 Å². The van der Waals surface area contributed by atoms with Gasteiger partial charge in [0.05, 0.1) is 5.75 Å². The van der Waals surface area contributed by atoms with Gasteiger partial charge in [-0.05, 0) is 29.7 Å². The first-order valence-electron chi connectivity index (χ1n) is 6.28. The van der Waals surface area contributed by atoms with Crippen LogP contribution in [0.1, 0.15) is 11.1 Å². The molecule has 0 aliphatic carbocycles. The van der Waals surface area contributed by atoms with Gasteiger partial charge in [-0.1, -0.05) is 42.5 Å². The van der Waals surface area contributed by atoms with Crippen molar-refractivity contribution in [1.82, 2.24) is 0 Å². The Morgan fingerprint density at radius 2 is 1.55 bits per heavy atom. The molecule has 3 nitrogen and oxygen atoms in total. The molecule has 0 atom stereocenters. The van der Waals surface area contributed by atoms with Crippen LogP contribution in [0.2, 0.25) is 0 Å². The summed E-state index contributed by atoms with van der Waals surface area (Å²) in [5.74, 6) is 0.524. The molecule has 1 N–H and O–H groups in total. The van der Waals surface area contributed by atoms with E-state index in [0.717, 1.165) is 17.5 Å². The van der Waals surface area contributed by atoms with E-state index >= 15 is 0 Å². The molecule has 0 fully saturated rings. The fourth-order valence-electron chi connectivity index (χ4n) is 1.86. The highest BCUT2D eigenvalue weighted by molar-refractivity contribution is 7.91. The Labute approximate surface area is 124 Å². The summed E-state index contributed by atoms with van der Waals surface area (Å²) in [6, 6.07) is 16.4. The van der Waals surface area contributed by atoms with E-state index in [1.165, 1.54) is 0 Å². The van der Waals surface area contributed by atoms with E-state index in [1.807, 2.05) is 30.3 Å². The van der Waals surface area contributed by atoms with Gasteiger partial charge < -0.3 is 0 Å². The summed E-state index contributed by atoms with van der Waals surface area (Å²) in [7, 11) is -3.39. The van der Waals surface area contributed by atoms with Crippen LogP contribution in [0.25, 0.3) is 0 Å². The van der Waals surface area contributed by atoms with Crippen molar-refractivity contribution in [2.45, 2.75) is 12.2 Å². The highest BCUT2D eigenvalue weighted by Crippen LogP contribution is 2.14. The summed E-state index contributed by atoms with van der Waals surface area (Å²) < 4.78 is 26.7. The number of benzene rings is 2. The maximum atomic E-state index is 12.0. The first kappa shape index (κ1) is 14.9. The number of aryl methyl sites for hydroxylation is 1. The van der Waals surface area contributed by atoms with Crippen molar-refractivity contribution in [3.8, 4) is 0 Å². The third-order valence-electron chi connectivity index (χ3n) is 2.81. The lowest BCUT2D eigenvalue weighted by atomic mass is 10.2. The van der Waals surface area contributed by atoms with Gasteiger partial charge in [-0.3, -0.25) is 4.72 Å². The monoisotopic (exact) mass is 309 g/mol. The van der Waals surface area contributed by atoms with Gasteiger partial charge in [-0.15, -0.1) is 11.6 Å². The average Bonchev–Trinajstić information content (AvgIpc) is 2.41. The van der Waals surface area contributed by atoms with Crippen LogP contribution >= 0.6 is 11.6 Å². The van der Waals surface area contributed by atoms with E-state index in [9.17, 15) is 8.42 Å². The Bertz CT molecular complexity index is 639. The van der Waals surface area contributed by atoms with E-state index in [0.29, 0.717) is 11.6 Å². The third-order valence-corrected chi connectivity index (χ3v) is 4.26. The lowest BCUT2D eigenvalue weighted by Crippen LogP contribution is -2.15. The van der Waals surface area contributed by atoms with Crippen LogP contribution in [0.4, 0.5) is 5.69 Å². The van der Waals surface area contributed by atoms with E-state index < -0.39 is 10.0 Å². The lowest BCUT2D eigenvalue weighted by molar-refractivity contribution is 0.600. The molecule has 0 amide bonds. The zero-order chi connectivity index (χ0) is 14.4. The van der Waals surface area contributed by atoms with E-state index in [2.05, 4.69) is 4.72 Å². The number of anilines is 1. The number of alkyl halides is 1. The van der Waals surface area contributed by atoms with Gasteiger partial charge in [0, 0.05) is 11.6 Å². The molecule has 0 radical (unpaired) electrons. The normalized spacial score (nSPS) is 11.2. The Hall–Kier alpha value is -1.52. The van der Waals surface area contributed by atoms with Gasteiger partial charge in [0.25, 0.3) is 0 Å². The van der Waals surface area contributed by atoms with Crippen LogP contribution in [0.15, 0.2) is 54.6 Å². The Kier molecular flexibility index (Phi) is 5.04. The van der Waals surface area contributed by atoms with E-state index in [1.54, 1.807) is 24.3 Å². The van der Waals surface area contributed by atoms with Crippen molar-refractivity contribution in [2.75, 3.05) is 10.6 Å². The lowest BCUT2D eigenvalue weighted by Gasteiger charge is -2.08. The van der Waals surface area contributed by atoms with Crippen molar-refractivity contribution < 1.29 is 8.42 Å². The third kappa shape index (κ3) is 4.54. The van der Waals surface area contributed by atoms with Gasteiger partial charge in [-0.2, -0.15) is 0 Å². The van der Waals surface area contributed by atoms with Gasteiger partial charge >= 0.3 is 0 Å². The van der Waals surface area contributed by atoms with Crippen molar-refractivity contribution in [1.29, 1.82) is 0 Å². The average molecular weight is 310 g/mol. The minimum absolute atomic E-state index is 0.0305. The zero-order valence-corrected chi connectivity index (χ0v) is 12.5. The van der Waals surface area contributed by atoms with Gasteiger partial charge in [0.2, 0.25) is 10.0 Å². The Morgan fingerprint density at radius 1 is 0.900 bits per heavy atom. The molecule has 2 rings (SSSR count). The van der Waals surface area contributed by atoms with Gasteiger partial charge in [0.1, 0.15) is 0 Å². The summed E-state index contributed by atoms with van der Waals surface area (Å²) in [5.41, 5.74) is 2.42. The number of rotatable bonds is 6. The van der Waals surface area contributed by atoms with Crippen molar-refractivity contribution in [3.05, 3.63) is 65.7 Å². The number of halogens is 1. The second-order valence-electron chi connectivity index (χ2n) is 4.48. The maximum absolute atomic E-state index is 12.0. The molecule has 5 heteroatoms. The number of hydrogen-bond donors (Lipinski definition) is 1. The van der Waals surface area contributed by atoms with Crippen LogP contribution in [0, 0.1) is 0 Å². The molecule has 0 aromatic heterocycles. The molecular weight excluding hydrogens is 294 g/mol. The molecular formula is C15H16ClNO2S. The molecule has 20 heavy (non-hydrogen) atoms. The van der Waals surface area contributed by atoms with Crippen LogP contribution < -0.4 is 4.72 Å². The standard InChI is InChI=1S/C15H16ClNO2S/c16-11-10-13-6-8-15(9-7-13)17-20(18,19)12-14-4-2-1-3-5-14/h1-9,17H,10-12H2. The van der Waals surface area contributed by atoms with Crippen LogP contribution in [-0.4, -0.2) is 14.3 Å². The number of sulfonamides is 1. The van der Waals surface area contributed by atoms with E-state index in [4.69, 9.17) is 11.6 Å². The highest BCUT2D eigenvalue weighted by atomic mass is 35.5. The molecule has 0 bridgehead atoms. The molecule has 0 unspecified atom stereocenters. The fourth-order valence-corrected chi connectivity index (χ4v) is 3.27. The highest BCUT2D eigenvalue weighted by Gasteiger charge is 2.11.